The second kappa shape index (κ2) is 9.94. The van der Waals surface area contributed by atoms with Crippen molar-refractivity contribution in [3.05, 3.63) is 54.1 Å². The Morgan fingerprint density at radius 3 is 2.61 bits per heavy atom. The normalized spacial score (nSPS) is 12.2. The quantitative estimate of drug-likeness (QED) is 0.698. The average molecular weight is 400 g/mol. The van der Waals surface area contributed by atoms with Gasteiger partial charge in [0.25, 0.3) is 0 Å². The van der Waals surface area contributed by atoms with Crippen molar-refractivity contribution >= 4 is 28.9 Å². The van der Waals surface area contributed by atoms with Gasteiger partial charge in [-0.3, -0.25) is 4.79 Å². The molecule has 0 aromatic heterocycles. The number of hydrogen-bond donors (Lipinski definition) is 2. The Labute approximate surface area is 170 Å². The van der Waals surface area contributed by atoms with E-state index >= 15 is 0 Å². The number of hydrogen-bond acceptors (Lipinski definition) is 4. The lowest BCUT2D eigenvalue weighted by molar-refractivity contribution is -0.116. The molecule has 0 fully saturated rings. The van der Waals surface area contributed by atoms with Crippen LogP contribution in [-0.4, -0.2) is 48.8 Å². The standard InChI is InChI=1S/C21H25N3O3S/c1-2-24(21(28)22-11-10-16-6-4-3-5-7-16)15-20(25)23-17-8-9-18-19(14-17)27-13-12-26-18/h3-9,14H,2,10-13,15H2,1H3,(H,22,28)(H,23,25). The molecule has 3 rings (SSSR count). The van der Waals surface area contributed by atoms with Crippen molar-refractivity contribution in [3.8, 4) is 11.5 Å². The third kappa shape index (κ3) is 5.60. The minimum atomic E-state index is -0.134. The van der Waals surface area contributed by atoms with Gasteiger partial charge in [0.15, 0.2) is 16.6 Å². The van der Waals surface area contributed by atoms with Gasteiger partial charge in [0, 0.05) is 24.8 Å². The zero-order valence-electron chi connectivity index (χ0n) is 15.9. The molecule has 2 aromatic rings. The summed E-state index contributed by atoms with van der Waals surface area (Å²) in [6, 6.07) is 15.6. The Bertz CT molecular complexity index is 814. The lowest BCUT2D eigenvalue weighted by Crippen LogP contribution is -2.44. The smallest absolute Gasteiger partial charge is 0.243 e. The van der Waals surface area contributed by atoms with Gasteiger partial charge in [0.2, 0.25) is 5.91 Å². The largest absolute Gasteiger partial charge is 0.486 e. The minimum Gasteiger partial charge on any atom is -0.486 e. The molecule has 1 aliphatic heterocycles. The van der Waals surface area contributed by atoms with Gasteiger partial charge in [-0.1, -0.05) is 30.3 Å². The molecule has 0 spiro atoms. The van der Waals surface area contributed by atoms with Crippen molar-refractivity contribution in [1.29, 1.82) is 0 Å². The highest BCUT2D eigenvalue weighted by molar-refractivity contribution is 7.80. The summed E-state index contributed by atoms with van der Waals surface area (Å²) in [6.45, 7) is 4.58. The maximum atomic E-state index is 12.4. The van der Waals surface area contributed by atoms with Crippen molar-refractivity contribution in [2.45, 2.75) is 13.3 Å². The number of fused-ring (bicyclic) bond motifs is 1. The molecule has 0 bridgehead atoms. The van der Waals surface area contributed by atoms with Crippen LogP contribution in [0, 0.1) is 0 Å². The molecule has 2 aromatic carbocycles. The van der Waals surface area contributed by atoms with E-state index in [0.29, 0.717) is 42.1 Å². The number of likely N-dealkylation sites (N-methyl/N-ethyl adjacent to an activating group) is 1. The van der Waals surface area contributed by atoms with Crippen LogP contribution < -0.4 is 20.1 Å². The highest BCUT2D eigenvalue weighted by Crippen LogP contribution is 2.32. The van der Waals surface area contributed by atoms with Gasteiger partial charge >= 0.3 is 0 Å². The fourth-order valence-electron chi connectivity index (χ4n) is 2.89. The van der Waals surface area contributed by atoms with E-state index in [4.69, 9.17) is 21.7 Å². The van der Waals surface area contributed by atoms with Crippen LogP contribution in [-0.2, 0) is 11.2 Å². The van der Waals surface area contributed by atoms with Gasteiger partial charge in [-0.25, -0.2) is 0 Å². The molecule has 0 saturated carbocycles. The summed E-state index contributed by atoms with van der Waals surface area (Å²) in [5.41, 5.74) is 1.92. The highest BCUT2D eigenvalue weighted by atomic mass is 32.1. The Hall–Kier alpha value is -2.80. The molecule has 1 amide bonds. The second-order valence-electron chi connectivity index (χ2n) is 6.39. The summed E-state index contributed by atoms with van der Waals surface area (Å²) in [5.74, 6) is 1.21. The van der Waals surface area contributed by atoms with Crippen molar-refractivity contribution in [3.63, 3.8) is 0 Å². The molecule has 6 nitrogen and oxygen atoms in total. The molecule has 0 unspecified atom stereocenters. The van der Waals surface area contributed by atoms with E-state index in [1.54, 1.807) is 18.2 Å². The summed E-state index contributed by atoms with van der Waals surface area (Å²) < 4.78 is 11.0. The van der Waals surface area contributed by atoms with Crippen molar-refractivity contribution < 1.29 is 14.3 Å². The first kappa shape index (κ1) is 19.9. The van der Waals surface area contributed by atoms with Crippen LogP contribution in [0.5, 0.6) is 11.5 Å². The van der Waals surface area contributed by atoms with E-state index in [-0.39, 0.29) is 12.5 Å². The average Bonchev–Trinajstić information content (AvgIpc) is 2.72. The number of carbonyl (C=O) groups is 1. The van der Waals surface area contributed by atoms with E-state index in [1.807, 2.05) is 30.0 Å². The van der Waals surface area contributed by atoms with Crippen LogP contribution in [0.2, 0.25) is 0 Å². The third-order valence-electron chi connectivity index (χ3n) is 4.36. The molecule has 0 radical (unpaired) electrons. The summed E-state index contributed by atoms with van der Waals surface area (Å²) in [5, 5.41) is 6.70. The Morgan fingerprint density at radius 2 is 1.86 bits per heavy atom. The third-order valence-corrected chi connectivity index (χ3v) is 4.76. The number of thiocarbonyl (C=S) groups is 1. The molecule has 1 aliphatic rings. The first-order valence-corrected chi connectivity index (χ1v) is 9.82. The van der Waals surface area contributed by atoms with Gasteiger partial charge in [-0.05, 0) is 43.3 Å². The number of anilines is 1. The molecule has 7 heteroatoms. The first-order valence-electron chi connectivity index (χ1n) is 9.42. The number of rotatable bonds is 7. The molecule has 148 valence electrons. The van der Waals surface area contributed by atoms with Crippen LogP contribution in [0.3, 0.4) is 0 Å². The number of nitrogens with zero attached hydrogens (tertiary/aromatic N) is 1. The lowest BCUT2D eigenvalue weighted by atomic mass is 10.1. The van der Waals surface area contributed by atoms with E-state index in [2.05, 4.69) is 22.8 Å². The molecule has 2 N–H and O–H groups in total. The van der Waals surface area contributed by atoms with Crippen molar-refractivity contribution in [2.75, 3.05) is 38.2 Å². The molecule has 0 saturated heterocycles. The van der Waals surface area contributed by atoms with Gasteiger partial charge in [-0.2, -0.15) is 0 Å². The van der Waals surface area contributed by atoms with Crippen LogP contribution in [0.1, 0.15) is 12.5 Å². The Morgan fingerprint density at radius 1 is 1.11 bits per heavy atom. The molecule has 0 atom stereocenters. The zero-order valence-corrected chi connectivity index (χ0v) is 16.8. The van der Waals surface area contributed by atoms with E-state index < -0.39 is 0 Å². The zero-order chi connectivity index (χ0) is 19.8. The monoisotopic (exact) mass is 399 g/mol. The van der Waals surface area contributed by atoms with Crippen LogP contribution >= 0.6 is 12.2 Å². The van der Waals surface area contributed by atoms with Crippen LogP contribution in [0.4, 0.5) is 5.69 Å². The number of benzene rings is 2. The number of carbonyl (C=O) groups excluding carboxylic acids is 1. The SMILES string of the molecule is CCN(CC(=O)Nc1ccc2c(c1)OCCO2)C(=S)NCCc1ccccc1. The number of ether oxygens (including phenoxy) is 2. The van der Waals surface area contributed by atoms with Gasteiger partial charge in [-0.15, -0.1) is 0 Å². The molecular formula is C21H25N3O3S. The topological polar surface area (TPSA) is 62.8 Å². The van der Waals surface area contributed by atoms with Crippen LogP contribution in [0.15, 0.2) is 48.5 Å². The number of amides is 1. The van der Waals surface area contributed by atoms with E-state index in [9.17, 15) is 4.79 Å². The minimum absolute atomic E-state index is 0.134. The number of nitrogens with one attached hydrogen (secondary N) is 2. The lowest BCUT2D eigenvalue weighted by Gasteiger charge is -2.24. The molecular weight excluding hydrogens is 374 g/mol. The second-order valence-corrected chi connectivity index (χ2v) is 6.78. The van der Waals surface area contributed by atoms with E-state index in [1.165, 1.54) is 5.56 Å². The molecule has 0 aliphatic carbocycles. The van der Waals surface area contributed by atoms with Crippen molar-refractivity contribution in [1.82, 2.24) is 10.2 Å². The van der Waals surface area contributed by atoms with E-state index in [0.717, 1.165) is 13.0 Å². The fourth-order valence-corrected chi connectivity index (χ4v) is 3.19. The summed E-state index contributed by atoms with van der Waals surface area (Å²) >= 11 is 5.45. The maximum absolute atomic E-state index is 12.4. The Balaban J connectivity index is 1.47. The van der Waals surface area contributed by atoms with Crippen molar-refractivity contribution in [2.24, 2.45) is 0 Å². The first-order chi connectivity index (χ1) is 13.7. The predicted octanol–water partition coefficient (Wildman–Crippen LogP) is 2.84. The van der Waals surface area contributed by atoms with Gasteiger partial charge in [0.1, 0.15) is 13.2 Å². The van der Waals surface area contributed by atoms with Gasteiger partial charge in [0.05, 0.1) is 6.54 Å². The fraction of sp³-hybridized carbons (Fsp3) is 0.333. The maximum Gasteiger partial charge on any atom is 0.243 e. The summed E-state index contributed by atoms with van der Waals surface area (Å²) in [7, 11) is 0. The highest BCUT2D eigenvalue weighted by Gasteiger charge is 2.15. The molecule has 28 heavy (non-hydrogen) atoms. The van der Waals surface area contributed by atoms with Gasteiger partial charge < -0.3 is 25.0 Å². The predicted molar refractivity (Wildman–Crippen MR) is 114 cm³/mol. The Kier molecular flexibility index (Phi) is 7.08. The van der Waals surface area contributed by atoms with Crippen LogP contribution in [0.25, 0.3) is 0 Å². The molecule has 1 heterocycles. The summed E-state index contributed by atoms with van der Waals surface area (Å²) in [4.78, 5) is 14.3. The summed E-state index contributed by atoms with van der Waals surface area (Å²) in [6.07, 6.45) is 0.877.